The van der Waals surface area contributed by atoms with Crippen LogP contribution in [0, 0.1) is 0 Å². The number of aryl methyl sites for hydroxylation is 1. The number of hydrogen-bond acceptors (Lipinski definition) is 3. The Kier molecular flexibility index (Phi) is 4.27. The molecule has 0 spiro atoms. The molecule has 3 nitrogen and oxygen atoms in total. The van der Waals surface area contributed by atoms with E-state index >= 15 is 0 Å². The number of hydrogen-bond donors (Lipinski definition) is 2. The highest BCUT2D eigenvalue weighted by atomic mass is 15.1. The van der Waals surface area contributed by atoms with Crippen LogP contribution < -0.4 is 11.1 Å². The highest BCUT2D eigenvalue weighted by Gasteiger charge is 2.26. The standard InChI is InChI=1S/C17H27N3/c1-2-9-20-10-7-15(8-11-20)19-17-6-3-13-12-14(18)4-5-16(13)17/h4-5,12,15,17,19H,2-3,6-11,18H2,1H3. The van der Waals surface area contributed by atoms with Gasteiger partial charge in [0, 0.05) is 17.8 Å². The van der Waals surface area contributed by atoms with Gasteiger partial charge in [-0.05, 0) is 75.0 Å². The van der Waals surface area contributed by atoms with E-state index < -0.39 is 0 Å². The molecule has 1 unspecified atom stereocenters. The van der Waals surface area contributed by atoms with Crippen LogP contribution in [-0.2, 0) is 6.42 Å². The Hall–Kier alpha value is -1.06. The van der Waals surface area contributed by atoms with Crippen LogP contribution in [0.4, 0.5) is 5.69 Å². The summed E-state index contributed by atoms with van der Waals surface area (Å²) in [5.74, 6) is 0. The summed E-state index contributed by atoms with van der Waals surface area (Å²) in [6.07, 6.45) is 6.26. The van der Waals surface area contributed by atoms with Crippen molar-refractivity contribution in [2.45, 2.75) is 51.1 Å². The number of piperidine rings is 1. The molecule has 1 saturated heterocycles. The molecule has 3 rings (SSSR count). The molecule has 0 amide bonds. The Bertz CT molecular complexity index is 450. The zero-order chi connectivity index (χ0) is 13.9. The summed E-state index contributed by atoms with van der Waals surface area (Å²) in [4.78, 5) is 2.60. The topological polar surface area (TPSA) is 41.3 Å². The third kappa shape index (κ3) is 2.99. The Morgan fingerprint density at radius 2 is 2.05 bits per heavy atom. The van der Waals surface area contributed by atoms with Gasteiger partial charge < -0.3 is 16.0 Å². The van der Waals surface area contributed by atoms with Crippen LogP contribution >= 0.6 is 0 Å². The van der Waals surface area contributed by atoms with E-state index in [1.807, 2.05) is 6.07 Å². The van der Waals surface area contributed by atoms with E-state index in [2.05, 4.69) is 29.3 Å². The summed E-state index contributed by atoms with van der Waals surface area (Å²) in [6, 6.07) is 7.66. The molecule has 1 atom stereocenters. The average Bonchev–Trinajstić information content (AvgIpc) is 2.83. The molecule has 1 aliphatic carbocycles. The summed E-state index contributed by atoms with van der Waals surface area (Å²) >= 11 is 0. The molecule has 1 aromatic rings. The van der Waals surface area contributed by atoms with Crippen molar-refractivity contribution in [1.82, 2.24) is 10.2 Å². The number of nitrogens with two attached hydrogens (primary N) is 1. The summed E-state index contributed by atoms with van der Waals surface area (Å²) < 4.78 is 0. The van der Waals surface area contributed by atoms with Gasteiger partial charge in [-0.25, -0.2) is 0 Å². The van der Waals surface area contributed by atoms with Crippen LogP contribution in [0.3, 0.4) is 0 Å². The summed E-state index contributed by atoms with van der Waals surface area (Å²) in [7, 11) is 0. The first-order chi connectivity index (χ1) is 9.76. The molecule has 1 heterocycles. The summed E-state index contributed by atoms with van der Waals surface area (Å²) in [5, 5.41) is 3.89. The first kappa shape index (κ1) is 13.9. The van der Waals surface area contributed by atoms with Gasteiger partial charge >= 0.3 is 0 Å². The monoisotopic (exact) mass is 273 g/mol. The number of nitrogens with zero attached hydrogens (tertiary/aromatic N) is 1. The van der Waals surface area contributed by atoms with Gasteiger partial charge in [-0.15, -0.1) is 0 Å². The van der Waals surface area contributed by atoms with E-state index in [1.54, 1.807) is 0 Å². The molecule has 1 fully saturated rings. The third-order valence-corrected chi connectivity index (χ3v) is 4.81. The molecule has 0 saturated carbocycles. The molecule has 0 aromatic heterocycles. The fraction of sp³-hybridized carbons (Fsp3) is 0.647. The Morgan fingerprint density at radius 3 is 2.80 bits per heavy atom. The molecular formula is C17H27N3. The third-order valence-electron chi connectivity index (χ3n) is 4.81. The average molecular weight is 273 g/mol. The second-order valence-electron chi connectivity index (χ2n) is 6.33. The van der Waals surface area contributed by atoms with Gasteiger partial charge in [-0.3, -0.25) is 0 Å². The smallest absolute Gasteiger partial charge is 0.0328 e. The Labute approximate surface area is 122 Å². The van der Waals surface area contributed by atoms with Crippen molar-refractivity contribution >= 4 is 5.69 Å². The molecular weight excluding hydrogens is 246 g/mol. The zero-order valence-electron chi connectivity index (χ0n) is 12.6. The van der Waals surface area contributed by atoms with Crippen LogP contribution in [0.15, 0.2) is 18.2 Å². The minimum atomic E-state index is 0.549. The highest BCUT2D eigenvalue weighted by molar-refractivity contribution is 5.47. The lowest BCUT2D eigenvalue weighted by Crippen LogP contribution is -2.43. The number of benzene rings is 1. The summed E-state index contributed by atoms with van der Waals surface area (Å²) in [6.45, 7) is 6.05. The van der Waals surface area contributed by atoms with Gasteiger partial charge in [-0.1, -0.05) is 13.0 Å². The minimum absolute atomic E-state index is 0.549. The molecule has 20 heavy (non-hydrogen) atoms. The van der Waals surface area contributed by atoms with E-state index in [0.29, 0.717) is 12.1 Å². The van der Waals surface area contributed by atoms with Crippen molar-refractivity contribution in [3.63, 3.8) is 0 Å². The maximum absolute atomic E-state index is 5.88. The van der Waals surface area contributed by atoms with Crippen molar-refractivity contribution < 1.29 is 0 Å². The maximum atomic E-state index is 5.88. The van der Waals surface area contributed by atoms with Crippen LogP contribution in [0.5, 0.6) is 0 Å². The predicted molar refractivity (Wildman–Crippen MR) is 84.8 cm³/mol. The highest BCUT2D eigenvalue weighted by Crippen LogP contribution is 2.33. The number of nitrogen functional groups attached to an aromatic ring is 1. The lowest BCUT2D eigenvalue weighted by molar-refractivity contribution is 0.191. The SMILES string of the molecule is CCCN1CCC(NC2CCc3cc(N)ccc32)CC1. The van der Waals surface area contributed by atoms with E-state index in [-0.39, 0.29) is 0 Å². The molecule has 3 heteroatoms. The van der Waals surface area contributed by atoms with Gasteiger partial charge in [0.2, 0.25) is 0 Å². The lowest BCUT2D eigenvalue weighted by Gasteiger charge is -2.34. The second-order valence-corrected chi connectivity index (χ2v) is 6.33. The molecule has 0 bridgehead atoms. The zero-order valence-corrected chi connectivity index (χ0v) is 12.6. The number of likely N-dealkylation sites (tertiary alicyclic amines) is 1. The lowest BCUT2D eigenvalue weighted by atomic mass is 10.0. The van der Waals surface area contributed by atoms with Gasteiger partial charge in [0.25, 0.3) is 0 Å². The second kappa shape index (κ2) is 6.15. The van der Waals surface area contributed by atoms with E-state index in [1.165, 1.54) is 62.9 Å². The fourth-order valence-electron chi connectivity index (χ4n) is 3.73. The van der Waals surface area contributed by atoms with Crippen LogP contribution in [0.25, 0.3) is 0 Å². The number of fused-ring (bicyclic) bond motifs is 1. The van der Waals surface area contributed by atoms with Crippen LogP contribution in [0.1, 0.15) is 49.8 Å². The minimum Gasteiger partial charge on any atom is -0.399 e. The van der Waals surface area contributed by atoms with Gasteiger partial charge in [0.15, 0.2) is 0 Å². The Morgan fingerprint density at radius 1 is 1.25 bits per heavy atom. The van der Waals surface area contributed by atoms with Crippen molar-refractivity contribution in [1.29, 1.82) is 0 Å². The van der Waals surface area contributed by atoms with E-state index in [0.717, 1.165) is 5.69 Å². The van der Waals surface area contributed by atoms with Crippen molar-refractivity contribution in [3.05, 3.63) is 29.3 Å². The summed E-state index contributed by atoms with van der Waals surface area (Å²) in [5.41, 5.74) is 9.71. The van der Waals surface area contributed by atoms with Gasteiger partial charge in [0.1, 0.15) is 0 Å². The molecule has 2 aliphatic rings. The molecule has 0 radical (unpaired) electrons. The normalized spacial score (nSPS) is 23.9. The van der Waals surface area contributed by atoms with Gasteiger partial charge in [0.05, 0.1) is 0 Å². The van der Waals surface area contributed by atoms with E-state index in [9.17, 15) is 0 Å². The quantitative estimate of drug-likeness (QED) is 0.829. The van der Waals surface area contributed by atoms with Crippen molar-refractivity contribution in [2.24, 2.45) is 0 Å². The first-order valence-corrected chi connectivity index (χ1v) is 8.13. The maximum Gasteiger partial charge on any atom is 0.0328 e. The van der Waals surface area contributed by atoms with Crippen LogP contribution in [0.2, 0.25) is 0 Å². The number of rotatable bonds is 4. The van der Waals surface area contributed by atoms with Crippen LogP contribution in [-0.4, -0.2) is 30.6 Å². The molecule has 1 aliphatic heterocycles. The molecule has 110 valence electrons. The van der Waals surface area contributed by atoms with Gasteiger partial charge in [-0.2, -0.15) is 0 Å². The Balaban J connectivity index is 1.56. The predicted octanol–water partition coefficient (Wildman–Crippen LogP) is 2.72. The fourth-order valence-corrected chi connectivity index (χ4v) is 3.73. The van der Waals surface area contributed by atoms with Crippen molar-refractivity contribution in [2.75, 3.05) is 25.4 Å². The van der Waals surface area contributed by atoms with Crippen molar-refractivity contribution in [3.8, 4) is 0 Å². The number of nitrogens with one attached hydrogen (secondary N) is 1. The first-order valence-electron chi connectivity index (χ1n) is 8.13. The molecule has 1 aromatic carbocycles. The number of anilines is 1. The largest absolute Gasteiger partial charge is 0.399 e. The van der Waals surface area contributed by atoms with E-state index in [4.69, 9.17) is 5.73 Å². The molecule has 3 N–H and O–H groups in total.